The SMILES string of the molecule is CC1(C)CCC[C@](C)([C@H]2CC[C@]3(C)[C@@H]2[C@H](O)C[C@@H]2[C@@]4(C)CC[C@H](OC(=O)/C=C/c5ccco5)C(C)(C)[C@@H]4CC[C@]23C)O1. The van der Waals surface area contributed by atoms with Crippen LogP contribution >= 0.6 is 0 Å². The number of hydrogen-bond donors (Lipinski definition) is 1. The number of fused-ring (bicyclic) bond motifs is 5. The highest BCUT2D eigenvalue weighted by atomic mass is 16.5. The summed E-state index contributed by atoms with van der Waals surface area (Å²) in [6.45, 7) is 19.2. The van der Waals surface area contributed by atoms with Crippen molar-refractivity contribution >= 4 is 12.0 Å². The van der Waals surface area contributed by atoms with Gasteiger partial charge in [-0.2, -0.15) is 0 Å². The van der Waals surface area contributed by atoms with E-state index >= 15 is 0 Å². The Morgan fingerprint density at radius 3 is 2.36 bits per heavy atom. The molecule has 0 unspecified atom stereocenters. The van der Waals surface area contributed by atoms with Crippen molar-refractivity contribution in [2.24, 2.45) is 45.3 Å². The number of hydrogen-bond acceptors (Lipinski definition) is 5. The quantitative estimate of drug-likeness (QED) is 0.285. The topological polar surface area (TPSA) is 68.9 Å². The van der Waals surface area contributed by atoms with Crippen molar-refractivity contribution < 1.29 is 23.8 Å². The molecule has 0 bridgehead atoms. The van der Waals surface area contributed by atoms with Gasteiger partial charge in [-0.3, -0.25) is 0 Å². The summed E-state index contributed by atoms with van der Waals surface area (Å²) >= 11 is 0. The predicted molar refractivity (Wildman–Crippen MR) is 165 cm³/mol. The van der Waals surface area contributed by atoms with E-state index in [1.54, 1.807) is 12.3 Å². The molecule has 1 aromatic heterocycles. The molecule has 0 aromatic carbocycles. The lowest BCUT2D eigenvalue weighted by Crippen LogP contribution is -2.67. The maximum atomic E-state index is 12.9. The van der Waals surface area contributed by atoms with Crippen molar-refractivity contribution in [1.29, 1.82) is 0 Å². The number of carbonyl (C=O) groups is 1. The van der Waals surface area contributed by atoms with E-state index in [0.717, 1.165) is 44.9 Å². The molecule has 1 aromatic rings. The van der Waals surface area contributed by atoms with Gasteiger partial charge in [-0.15, -0.1) is 0 Å². The molecule has 4 saturated carbocycles. The summed E-state index contributed by atoms with van der Waals surface area (Å²) in [7, 11) is 0. The number of aliphatic hydroxyl groups excluding tert-OH is 1. The van der Waals surface area contributed by atoms with Crippen molar-refractivity contribution in [2.45, 2.75) is 143 Å². The summed E-state index contributed by atoms with van der Waals surface area (Å²) in [6, 6.07) is 3.65. The Bertz CT molecular complexity index is 1200. The minimum Gasteiger partial charge on any atom is -0.465 e. The lowest BCUT2D eigenvalue weighted by Gasteiger charge is -2.70. The fraction of sp³-hybridized carbons (Fsp3) is 0.811. The summed E-state index contributed by atoms with van der Waals surface area (Å²) in [4.78, 5) is 12.9. The number of rotatable bonds is 4. The van der Waals surface area contributed by atoms with Gasteiger partial charge in [0, 0.05) is 11.5 Å². The fourth-order valence-electron chi connectivity index (χ4n) is 12.2. The van der Waals surface area contributed by atoms with Crippen molar-refractivity contribution in [1.82, 2.24) is 0 Å². The normalized spacial score (nSPS) is 47.8. The maximum Gasteiger partial charge on any atom is 0.331 e. The summed E-state index contributed by atoms with van der Waals surface area (Å²) in [5.41, 5.74) is -0.0342. The van der Waals surface area contributed by atoms with Gasteiger partial charge in [0.2, 0.25) is 0 Å². The van der Waals surface area contributed by atoms with Gasteiger partial charge in [-0.25, -0.2) is 4.79 Å². The molecule has 0 radical (unpaired) electrons. The van der Waals surface area contributed by atoms with Crippen LogP contribution in [0.1, 0.15) is 125 Å². The van der Waals surface area contributed by atoms with Crippen molar-refractivity contribution in [3.8, 4) is 0 Å². The third-order valence-electron chi connectivity index (χ3n) is 14.3. The van der Waals surface area contributed by atoms with Crippen LogP contribution in [0.25, 0.3) is 6.08 Å². The van der Waals surface area contributed by atoms with E-state index in [2.05, 4.69) is 55.4 Å². The Morgan fingerprint density at radius 2 is 1.67 bits per heavy atom. The summed E-state index contributed by atoms with van der Waals surface area (Å²) in [5, 5.41) is 12.1. The lowest BCUT2D eigenvalue weighted by atomic mass is 9.35. The van der Waals surface area contributed by atoms with E-state index in [0.29, 0.717) is 23.5 Å². The van der Waals surface area contributed by atoms with Gasteiger partial charge >= 0.3 is 5.97 Å². The van der Waals surface area contributed by atoms with Gasteiger partial charge in [-0.05, 0) is 143 Å². The Hall–Kier alpha value is -1.59. The van der Waals surface area contributed by atoms with E-state index in [9.17, 15) is 9.90 Å². The molecule has 5 nitrogen and oxygen atoms in total. The second-order valence-corrected chi connectivity index (χ2v) is 17.1. The number of esters is 1. The first-order valence-electron chi connectivity index (χ1n) is 16.9. The van der Waals surface area contributed by atoms with Crippen LogP contribution in [0.4, 0.5) is 0 Å². The Kier molecular flexibility index (Phi) is 7.22. The van der Waals surface area contributed by atoms with Crippen LogP contribution < -0.4 is 0 Å². The minimum absolute atomic E-state index is 0.0893. The molecule has 234 valence electrons. The zero-order valence-electron chi connectivity index (χ0n) is 27.5. The standard InChI is InChI=1S/C37H56O5/c1-32(2)17-10-18-37(8,42-32)25-14-20-36(7)31(25)26(38)23-28-34(5)19-16-29(33(3,4)27(34)15-21-35(28,36)6)41-30(39)13-12-24-11-9-22-40-24/h9,11-13,22,25-29,31,38H,10,14-21,23H2,1-8H3/b13-12+/t25-,26+,27-,28+,29-,31-,34-,35+,36+,37+/m0/s1. The van der Waals surface area contributed by atoms with Crippen molar-refractivity contribution in [2.75, 3.05) is 0 Å². The molecule has 1 N–H and O–H groups in total. The lowest BCUT2D eigenvalue weighted by molar-refractivity contribution is -0.258. The highest BCUT2D eigenvalue weighted by Gasteiger charge is 2.72. The van der Waals surface area contributed by atoms with Crippen LogP contribution in [0.3, 0.4) is 0 Å². The van der Waals surface area contributed by atoms with E-state index in [1.807, 2.05) is 12.1 Å². The minimum atomic E-state index is -0.299. The van der Waals surface area contributed by atoms with Gasteiger partial charge in [0.05, 0.1) is 23.6 Å². The molecule has 5 aliphatic rings. The average molecular weight is 581 g/mol. The second kappa shape index (κ2) is 9.96. The third kappa shape index (κ3) is 4.49. The zero-order valence-corrected chi connectivity index (χ0v) is 27.5. The first-order valence-corrected chi connectivity index (χ1v) is 16.9. The predicted octanol–water partition coefficient (Wildman–Crippen LogP) is 8.60. The van der Waals surface area contributed by atoms with E-state index in [4.69, 9.17) is 13.9 Å². The van der Waals surface area contributed by atoms with Crippen molar-refractivity contribution in [3.05, 3.63) is 30.2 Å². The highest BCUT2D eigenvalue weighted by molar-refractivity contribution is 5.86. The number of carbonyl (C=O) groups excluding carboxylic acids is 1. The van der Waals surface area contributed by atoms with Crippen LogP contribution in [0.2, 0.25) is 0 Å². The van der Waals surface area contributed by atoms with Crippen LogP contribution in [-0.2, 0) is 14.3 Å². The van der Waals surface area contributed by atoms with Gasteiger partial charge in [0.1, 0.15) is 11.9 Å². The van der Waals surface area contributed by atoms with Gasteiger partial charge in [0.15, 0.2) is 0 Å². The number of aliphatic hydroxyl groups is 1. The monoisotopic (exact) mass is 580 g/mol. The van der Waals surface area contributed by atoms with E-state index in [1.165, 1.54) is 25.3 Å². The molecule has 5 fully saturated rings. The summed E-state index contributed by atoms with van der Waals surface area (Å²) < 4.78 is 18.4. The highest BCUT2D eigenvalue weighted by Crippen LogP contribution is 2.76. The average Bonchev–Trinajstić information content (AvgIpc) is 3.54. The number of furan rings is 1. The zero-order chi connectivity index (χ0) is 30.3. The molecular weight excluding hydrogens is 524 g/mol. The van der Waals surface area contributed by atoms with Crippen LogP contribution in [-0.4, -0.2) is 34.5 Å². The van der Waals surface area contributed by atoms with E-state index in [-0.39, 0.29) is 57.0 Å². The van der Waals surface area contributed by atoms with Crippen molar-refractivity contribution in [3.63, 3.8) is 0 Å². The fourth-order valence-corrected chi connectivity index (χ4v) is 12.2. The molecule has 6 rings (SSSR count). The first-order chi connectivity index (χ1) is 19.6. The smallest absolute Gasteiger partial charge is 0.331 e. The molecule has 0 amide bonds. The Balaban J connectivity index is 1.24. The molecule has 10 atom stereocenters. The maximum absolute atomic E-state index is 12.9. The summed E-state index contributed by atoms with van der Waals surface area (Å²) in [6.07, 6.45) is 15.2. The molecular formula is C37H56O5. The largest absolute Gasteiger partial charge is 0.465 e. The molecule has 4 aliphatic carbocycles. The Labute approximate surface area is 254 Å². The second-order valence-electron chi connectivity index (χ2n) is 17.1. The van der Waals surface area contributed by atoms with Crippen LogP contribution in [0.15, 0.2) is 28.9 Å². The van der Waals surface area contributed by atoms with Gasteiger partial charge in [-0.1, -0.05) is 34.6 Å². The first kappa shape index (κ1) is 30.4. The Morgan fingerprint density at radius 1 is 0.929 bits per heavy atom. The summed E-state index contributed by atoms with van der Waals surface area (Å²) in [5.74, 6) is 1.93. The molecule has 0 spiro atoms. The third-order valence-corrected chi connectivity index (χ3v) is 14.3. The van der Waals surface area contributed by atoms with E-state index < -0.39 is 0 Å². The molecule has 42 heavy (non-hydrogen) atoms. The number of ether oxygens (including phenoxy) is 2. The van der Waals surface area contributed by atoms with Gasteiger partial charge in [0.25, 0.3) is 0 Å². The van der Waals surface area contributed by atoms with Crippen LogP contribution in [0.5, 0.6) is 0 Å². The molecule has 1 aliphatic heterocycles. The van der Waals surface area contributed by atoms with Crippen LogP contribution in [0, 0.1) is 45.3 Å². The van der Waals surface area contributed by atoms with Gasteiger partial charge < -0.3 is 19.0 Å². The molecule has 5 heteroatoms. The molecule has 2 heterocycles. The molecule has 1 saturated heterocycles.